The number of rotatable bonds is 4. The summed E-state index contributed by atoms with van der Waals surface area (Å²) in [5.74, 6) is -2.93. The minimum Gasteiger partial charge on any atom is -0.342 e. The molecule has 1 fully saturated rings. The Hall–Kier alpha value is -1.25. The van der Waals surface area contributed by atoms with Crippen molar-refractivity contribution in [2.24, 2.45) is 11.8 Å². The first-order valence-electron chi connectivity index (χ1n) is 6.64. The number of carbonyl (C=O) groups is 1. The smallest absolute Gasteiger partial charge is 0.342 e. The minimum atomic E-state index is -4.31. The molecule has 0 heterocycles. The van der Waals surface area contributed by atoms with Crippen LogP contribution >= 0.6 is 0 Å². The molecular weight excluding hydrogens is 257 g/mol. The maximum absolute atomic E-state index is 12.9. The lowest BCUT2D eigenvalue weighted by molar-refractivity contribution is -0.200. The predicted octanol–water partition coefficient (Wildman–Crippen LogP) is 3.12. The third-order valence-corrected chi connectivity index (χ3v) is 3.69. The van der Waals surface area contributed by atoms with Crippen LogP contribution in [0.5, 0.6) is 0 Å². The summed E-state index contributed by atoms with van der Waals surface area (Å²) < 4.78 is 38.8. The average Bonchev–Trinajstić information content (AvgIpc) is 2.38. The van der Waals surface area contributed by atoms with Crippen LogP contribution in [0.3, 0.4) is 0 Å². The van der Waals surface area contributed by atoms with Crippen LogP contribution in [-0.4, -0.2) is 30.1 Å². The van der Waals surface area contributed by atoms with Crippen LogP contribution in [-0.2, 0) is 4.79 Å². The van der Waals surface area contributed by atoms with E-state index in [1.165, 1.54) is 4.90 Å². The van der Waals surface area contributed by atoms with Crippen LogP contribution in [0.1, 0.15) is 39.0 Å². The van der Waals surface area contributed by atoms with Crippen molar-refractivity contribution in [2.75, 3.05) is 13.1 Å². The Balaban J connectivity index is 2.79. The van der Waals surface area contributed by atoms with Gasteiger partial charge in [-0.25, -0.2) is 0 Å². The van der Waals surface area contributed by atoms with E-state index in [9.17, 15) is 18.0 Å². The van der Waals surface area contributed by atoms with Crippen LogP contribution in [0.15, 0.2) is 0 Å². The highest BCUT2D eigenvalue weighted by Gasteiger charge is 2.48. The standard InChI is InChI=1S/C13H19F3N2O/c1-2-18(9-5-8-17)12(19)10-6-3-4-7-11(10)13(14,15)16/h10-11H,2-7,9H2,1H3. The van der Waals surface area contributed by atoms with Crippen LogP contribution < -0.4 is 0 Å². The Kier molecular flexibility index (Phi) is 5.64. The molecule has 1 aliphatic carbocycles. The summed E-state index contributed by atoms with van der Waals surface area (Å²) in [6.45, 7) is 2.29. The van der Waals surface area contributed by atoms with Crippen molar-refractivity contribution in [2.45, 2.75) is 45.2 Å². The number of nitrogens with zero attached hydrogens (tertiary/aromatic N) is 2. The summed E-state index contributed by atoms with van der Waals surface area (Å²) in [6, 6.07) is 1.92. The molecule has 1 saturated carbocycles. The fraction of sp³-hybridized carbons (Fsp3) is 0.846. The molecule has 1 rings (SSSR count). The van der Waals surface area contributed by atoms with Crippen molar-refractivity contribution in [3.05, 3.63) is 0 Å². The Morgan fingerprint density at radius 1 is 1.37 bits per heavy atom. The van der Waals surface area contributed by atoms with E-state index in [1.807, 2.05) is 6.07 Å². The second-order valence-corrected chi connectivity index (χ2v) is 4.87. The van der Waals surface area contributed by atoms with Crippen molar-refractivity contribution >= 4 is 5.91 Å². The average molecular weight is 276 g/mol. The molecule has 0 spiro atoms. The van der Waals surface area contributed by atoms with Crippen molar-refractivity contribution in [3.63, 3.8) is 0 Å². The Bertz CT molecular complexity index is 349. The lowest BCUT2D eigenvalue weighted by Crippen LogP contribution is -2.44. The number of carbonyl (C=O) groups excluding carboxylic acids is 1. The van der Waals surface area contributed by atoms with Gasteiger partial charge in [0.15, 0.2) is 0 Å². The van der Waals surface area contributed by atoms with Gasteiger partial charge in [-0.05, 0) is 19.8 Å². The van der Waals surface area contributed by atoms with E-state index in [2.05, 4.69) is 0 Å². The van der Waals surface area contributed by atoms with Crippen LogP contribution in [0.4, 0.5) is 13.2 Å². The van der Waals surface area contributed by atoms with Crippen molar-refractivity contribution < 1.29 is 18.0 Å². The number of hydrogen-bond acceptors (Lipinski definition) is 2. The zero-order valence-corrected chi connectivity index (χ0v) is 11.0. The van der Waals surface area contributed by atoms with Gasteiger partial charge in [0, 0.05) is 19.0 Å². The summed E-state index contributed by atoms with van der Waals surface area (Å²) in [7, 11) is 0. The highest BCUT2D eigenvalue weighted by Crippen LogP contribution is 2.42. The summed E-state index contributed by atoms with van der Waals surface area (Å²) in [4.78, 5) is 13.6. The van der Waals surface area contributed by atoms with Crippen molar-refractivity contribution in [1.82, 2.24) is 4.90 Å². The molecule has 0 aromatic carbocycles. The van der Waals surface area contributed by atoms with Gasteiger partial charge in [-0.2, -0.15) is 18.4 Å². The number of amides is 1. The highest BCUT2D eigenvalue weighted by atomic mass is 19.4. The van der Waals surface area contributed by atoms with Gasteiger partial charge in [0.25, 0.3) is 0 Å². The zero-order valence-electron chi connectivity index (χ0n) is 11.0. The van der Waals surface area contributed by atoms with E-state index in [0.717, 1.165) is 0 Å². The first-order valence-corrected chi connectivity index (χ1v) is 6.64. The molecule has 0 aromatic heterocycles. The molecule has 0 radical (unpaired) electrons. The first-order chi connectivity index (χ1) is 8.91. The molecule has 3 nitrogen and oxygen atoms in total. The highest BCUT2D eigenvalue weighted by molar-refractivity contribution is 5.79. The molecule has 0 bridgehead atoms. The largest absolute Gasteiger partial charge is 0.392 e. The second-order valence-electron chi connectivity index (χ2n) is 4.87. The number of halogens is 3. The van der Waals surface area contributed by atoms with Gasteiger partial charge in [0.1, 0.15) is 0 Å². The van der Waals surface area contributed by atoms with Crippen LogP contribution in [0.2, 0.25) is 0 Å². The fourth-order valence-corrected chi connectivity index (χ4v) is 2.66. The zero-order chi connectivity index (χ0) is 14.5. The third kappa shape index (κ3) is 4.12. The quantitative estimate of drug-likeness (QED) is 0.792. The van der Waals surface area contributed by atoms with Gasteiger partial charge >= 0.3 is 6.18 Å². The van der Waals surface area contributed by atoms with Crippen LogP contribution in [0, 0.1) is 23.2 Å². The maximum atomic E-state index is 12.9. The lowest BCUT2D eigenvalue weighted by atomic mass is 9.78. The van der Waals surface area contributed by atoms with Gasteiger partial charge in [0.2, 0.25) is 5.91 Å². The van der Waals surface area contributed by atoms with Crippen molar-refractivity contribution in [1.29, 1.82) is 5.26 Å². The number of hydrogen-bond donors (Lipinski definition) is 0. The van der Waals surface area contributed by atoms with E-state index in [1.54, 1.807) is 6.92 Å². The molecule has 0 aliphatic heterocycles. The number of nitriles is 1. The van der Waals surface area contributed by atoms with Crippen molar-refractivity contribution in [3.8, 4) is 6.07 Å². The molecule has 1 aliphatic rings. The molecule has 1 amide bonds. The van der Waals surface area contributed by atoms with E-state index in [4.69, 9.17) is 5.26 Å². The summed E-state index contributed by atoms with van der Waals surface area (Å²) in [6.07, 6.45) is -2.63. The predicted molar refractivity (Wildman–Crippen MR) is 64.0 cm³/mol. The van der Waals surface area contributed by atoms with Gasteiger partial charge in [-0.15, -0.1) is 0 Å². The fourth-order valence-electron chi connectivity index (χ4n) is 2.66. The molecule has 2 unspecified atom stereocenters. The van der Waals surface area contributed by atoms with Gasteiger partial charge in [0.05, 0.1) is 18.4 Å². The minimum absolute atomic E-state index is 0.0374. The Morgan fingerprint density at radius 3 is 2.53 bits per heavy atom. The topological polar surface area (TPSA) is 44.1 Å². The maximum Gasteiger partial charge on any atom is 0.392 e. The molecule has 0 saturated heterocycles. The normalized spacial score (nSPS) is 23.7. The third-order valence-electron chi connectivity index (χ3n) is 3.69. The van der Waals surface area contributed by atoms with E-state index in [-0.39, 0.29) is 19.4 Å². The molecule has 2 atom stereocenters. The van der Waals surface area contributed by atoms with E-state index < -0.39 is 23.9 Å². The molecule has 108 valence electrons. The number of alkyl halides is 3. The van der Waals surface area contributed by atoms with E-state index >= 15 is 0 Å². The van der Waals surface area contributed by atoms with Gasteiger partial charge in [-0.1, -0.05) is 12.8 Å². The summed E-state index contributed by atoms with van der Waals surface area (Å²) >= 11 is 0. The van der Waals surface area contributed by atoms with E-state index in [0.29, 0.717) is 25.8 Å². The SMILES string of the molecule is CCN(CCC#N)C(=O)C1CCCCC1C(F)(F)F. The summed E-state index contributed by atoms with van der Waals surface area (Å²) in [5, 5.41) is 8.52. The van der Waals surface area contributed by atoms with Gasteiger partial charge in [-0.3, -0.25) is 4.79 Å². The van der Waals surface area contributed by atoms with Crippen LogP contribution in [0.25, 0.3) is 0 Å². The monoisotopic (exact) mass is 276 g/mol. The first kappa shape index (κ1) is 15.8. The second kappa shape index (κ2) is 6.78. The Morgan fingerprint density at radius 2 is 2.00 bits per heavy atom. The Labute approximate surface area is 111 Å². The lowest BCUT2D eigenvalue weighted by Gasteiger charge is -2.35. The summed E-state index contributed by atoms with van der Waals surface area (Å²) in [5.41, 5.74) is 0. The molecule has 6 heteroatoms. The molecule has 0 aromatic rings. The van der Waals surface area contributed by atoms with Gasteiger partial charge < -0.3 is 4.90 Å². The molecule has 19 heavy (non-hydrogen) atoms. The molecular formula is C13H19F3N2O. The molecule has 0 N–H and O–H groups in total.